The number of hydrogen-bond acceptors (Lipinski definition) is 4. The summed E-state index contributed by atoms with van der Waals surface area (Å²) in [5, 5.41) is 3.35. The Bertz CT molecular complexity index is 567. The maximum Gasteiger partial charge on any atom is 0.256 e. The first-order chi connectivity index (χ1) is 12.4. The van der Waals surface area contributed by atoms with Gasteiger partial charge in [0.25, 0.3) is 5.91 Å². The highest BCUT2D eigenvalue weighted by Gasteiger charge is 2.33. The van der Waals surface area contributed by atoms with Crippen molar-refractivity contribution in [1.82, 2.24) is 0 Å². The maximum atomic E-state index is 12.8. The monoisotopic (exact) mass is 385 g/mol. The summed E-state index contributed by atoms with van der Waals surface area (Å²) in [7, 11) is 1.62. The van der Waals surface area contributed by atoms with Crippen molar-refractivity contribution in [3.05, 3.63) is 23.2 Å². The highest BCUT2D eigenvalue weighted by Crippen LogP contribution is 2.30. The number of anilines is 1. The fourth-order valence-electron chi connectivity index (χ4n) is 2.71. The van der Waals surface area contributed by atoms with E-state index in [1.807, 2.05) is 20.8 Å². The van der Waals surface area contributed by atoms with Crippen LogP contribution in [-0.4, -0.2) is 37.9 Å². The number of methoxy groups -OCH3 is 1. The van der Waals surface area contributed by atoms with Gasteiger partial charge in [-0.15, -0.1) is 0 Å². The summed E-state index contributed by atoms with van der Waals surface area (Å²) >= 11 is 6.29. The van der Waals surface area contributed by atoms with Gasteiger partial charge in [-0.1, -0.05) is 37.8 Å². The quantitative estimate of drug-likeness (QED) is 0.510. The molecule has 0 saturated heterocycles. The smallest absolute Gasteiger partial charge is 0.256 e. The molecular weight excluding hydrogens is 354 g/mol. The number of hydrogen-bond donors (Lipinski definition) is 1. The molecule has 5 nitrogen and oxygen atoms in total. The summed E-state index contributed by atoms with van der Waals surface area (Å²) in [4.78, 5) is 12.8. The Morgan fingerprint density at radius 2 is 2.04 bits per heavy atom. The number of benzene rings is 1. The van der Waals surface area contributed by atoms with E-state index in [0.717, 1.165) is 19.3 Å². The van der Waals surface area contributed by atoms with Gasteiger partial charge < -0.3 is 19.5 Å². The summed E-state index contributed by atoms with van der Waals surface area (Å²) in [6.45, 7) is 8.74. The van der Waals surface area contributed by atoms with Crippen LogP contribution in [0.25, 0.3) is 0 Å². The number of amides is 1. The van der Waals surface area contributed by atoms with Crippen LogP contribution in [0.2, 0.25) is 5.02 Å². The number of rotatable bonds is 12. The standard InChI is InChI=1S/C20H32ClNO4/c1-6-8-9-12-20(4,25-7-2)19(23)22-16-10-11-18(17(21)13-16)26-15(3)14-24-5/h10-11,13,15H,6-9,12,14H2,1-5H3,(H,22,23). The van der Waals surface area contributed by atoms with Crippen LogP contribution in [0.15, 0.2) is 18.2 Å². The van der Waals surface area contributed by atoms with E-state index in [4.69, 9.17) is 25.8 Å². The summed E-state index contributed by atoms with van der Waals surface area (Å²) in [6, 6.07) is 5.21. The minimum atomic E-state index is -0.849. The van der Waals surface area contributed by atoms with Gasteiger partial charge in [0.05, 0.1) is 11.6 Å². The van der Waals surface area contributed by atoms with Crippen LogP contribution in [0.5, 0.6) is 5.75 Å². The van der Waals surface area contributed by atoms with Gasteiger partial charge in [0.15, 0.2) is 0 Å². The molecule has 1 amide bonds. The minimum absolute atomic E-state index is 0.113. The molecular formula is C20H32ClNO4. The summed E-state index contributed by atoms with van der Waals surface area (Å²) in [6.07, 6.45) is 3.70. The molecule has 0 saturated carbocycles. The first kappa shape index (κ1) is 22.7. The second-order valence-corrected chi connectivity index (χ2v) is 7.01. The molecule has 0 aliphatic heterocycles. The Balaban J connectivity index is 2.79. The average Bonchev–Trinajstić information content (AvgIpc) is 2.58. The fraction of sp³-hybridized carbons (Fsp3) is 0.650. The number of unbranched alkanes of at least 4 members (excludes halogenated alkanes) is 2. The van der Waals surface area contributed by atoms with Crippen molar-refractivity contribution in [3.8, 4) is 5.75 Å². The Hall–Kier alpha value is -1.30. The number of nitrogens with one attached hydrogen (secondary N) is 1. The molecule has 0 bridgehead atoms. The van der Waals surface area contributed by atoms with Gasteiger partial charge in [0.2, 0.25) is 0 Å². The van der Waals surface area contributed by atoms with Crippen molar-refractivity contribution in [1.29, 1.82) is 0 Å². The zero-order chi connectivity index (χ0) is 19.6. The molecule has 1 rings (SSSR count). The molecule has 1 aromatic rings. The van der Waals surface area contributed by atoms with Crippen LogP contribution in [0.1, 0.15) is 53.4 Å². The number of carbonyl (C=O) groups excluding carboxylic acids is 1. The third-order valence-electron chi connectivity index (χ3n) is 4.12. The SMILES string of the molecule is CCCCCC(C)(OCC)C(=O)Nc1ccc(OC(C)COC)c(Cl)c1. The third-order valence-corrected chi connectivity index (χ3v) is 4.42. The first-order valence-corrected chi connectivity index (χ1v) is 9.64. The molecule has 0 radical (unpaired) electrons. The van der Waals surface area contributed by atoms with Gasteiger partial charge in [-0.25, -0.2) is 0 Å². The fourth-order valence-corrected chi connectivity index (χ4v) is 2.93. The Kier molecular flexibility index (Phi) is 9.99. The van der Waals surface area contributed by atoms with Crippen LogP contribution < -0.4 is 10.1 Å². The van der Waals surface area contributed by atoms with E-state index in [-0.39, 0.29) is 12.0 Å². The van der Waals surface area contributed by atoms with E-state index in [2.05, 4.69) is 12.2 Å². The molecule has 26 heavy (non-hydrogen) atoms. The third kappa shape index (κ3) is 7.14. The summed E-state index contributed by atoms with van der Waals surface area (Å²) < 4.78 is 16.5. The number of halogens is 1. The molecule has 0 fully saturated rings. The van der Waals surface area contributed by atoms with Gasteiger partial charge >= 0.3 is 0 Å². The van der Waals surface area contributed by atoms with E-state index < -0.39 is 5.60 Å². The van der Waals surface area contributed by atoms with Crippen LogP contribution in [-0.2, 0) is 14.3 Å². The lowest BCUT2D eigenvalue weighted by molar-refractivity contribution is -0.139. The highest BCUT2D eigenvalue weighted by atomic mass is 35.5. The predicted molar refractivity (Wildman–Crippen MR) is 106 cm³/mol. The normalized spacial score (nSPS) is 14.5. The van der Waals surface area contributed by atoms with E-state index in [0.29, 0.717) is 36.1 Å². The second kappa shape index (κ2) is 11.4. The van der Waals surface area contributed by atoms with Crippen molar-refractivity contribution in [2.45, 2.75) is 65.1 Å². The molecule has 0 aromatic heterocycles. The molecule has 0 aliphatic rings. The Morgan fingerprint density at radius 1 is 1.31 bits per heavy atom. The summed E-state index contributed by atoms with van der Waals surface area (Å²) in [5.41, 5.74) is -0.230. The first-order valence-electron chi connectivity index (χ1n) is 9.26. The van der Waals surface area contributed by atoms with Gasteiger partial charge in [-0.05, 0) is 45.4 Å². The van der Waals surface area contributed by atoms with Crippen LogP contribution in [0.3, 0.4) is 0 Å². The topological polar surface area (TPSA) is 56.8 Å². The minimum Gasteiger partial charge on any atom is -0.487 e. The van der Waals surface area contributed by atoms with Gasteiger partial charge in [0, 0.05) is 19.4 Å². The molecule has 0 heterocycles. The molecule has 0 aliphatic carbocycles. The van der Waals surface area contributed by atoms with Crippen LogP contribution in [0, 0.1) is 0 Å². The maximum absolute atomic E-state index is 12.8. The van der Waals surface area contributed by atoms with Crippen LogP contribution >= 0.6 is 11.6 Å². The van der Waals surface area contributed by atoms with Crippen molar-refractivity contribution in [2.24, 2.45) is 0 Å². The lowest BCUT2D eigenvalue weighted by Crippen LogP contribution is -2.42. The zero-order valence-electron chi connectivity index (χ0n) is 16.6. The van der Waals surface area contributed by atoms with E-state index in [1.165, 1.54) is 0 Å². The van der Waals surface area contributed by atoms with Crippen LogP contribution in [0.4, 0.5) is 5.69 Å². The number of carbonyl (C=O) groups is 1. The molecule has 2 unspecified atom stereocenters. The number of ether oxygens (including phenoxy) is 3. The Labute approximate surface area is 162 Å². The molecule has 1 aromatic carbocycles. The zero-order valence-corrected chi connectivity index (χ0v) is 17.3. The lowest BCUT2D eigenvalue weighted by atomic mass is 9.96. The molecule has 2 atom stereocenters. The van der Waals surface area contributed by atoms with Gasteiger partial charge in [-0.2, -0.15) is 0 Å². The molecule has 1 N–H and O–H groups in total. The van der Waals surface area contributed by atoms with Crippen molar-refractivity contribution in [3.63, 3.8) is 0 Å². The lowest BCUT2D eigenvalue weighted by Gasteiger charge is -2.28. The van der Waals surface area contributed by atoms with Gasteiger partial charge in [0.1, 0.15) is 17.5 Å². The molecule has 0 spiro atoms. The largest absolute Gasteiger partial charge is 0.487 e. The molecule has 6 heteroatoms. The van der Waals surface area contributed by atoms with E-state index in [9.17, 15) is 4.79 Å². The van der Waals surface area contributed by atoms with E-state index in [1.54, 1.807) is 25.3 Å². The Morgan fingerprint density at radius 3 is 2.62 bits per heavy atom. The van der Waals surface area contributed by atoms with Crippen molar-refractivity contribution >= 4 is 23.2 Å². The van der Waals surface area contributed by atoms with Gasteiger partial charge in [-0.3, -0.25) is 4.79 Å². The molecule has 148 valence electrons. The second-order valence-electron chi connectivity index (χ2n) is 6.60. The van der Waals surface area contributed by atoms with Crippen molar-refractivity contribution in [2.75, 3.05) is 25.6 Å². The van der Waals surface area contributed by atoms with E-state index >= 15 is 0 Å². The predicted octanol–water partition coefficient (Wildman–Crippen LogP) is 5.07. The van der Waals surface area contributed by atoms with Crippen molar-refractivity contribution < 1.29 is 19.0 Å². The average molecular weight is 386 g/mol. The highest BCUT2D eigenvalue weighted by molar-refractivity contribution is 6.32. The summed E-state index contributed by atoms with van der Waals surface area (Å²) in [5.74, 6) is 0.401.